The molecule has 1 N–H and O–H groups in total. The van der Waals surface area contributed by atoms with E-state index in [1.54, 1.807) is 0 Å². The number of aromatic nitrogens is 2. The molecule has 1 amide bonds. The number of carbonyl (C=O) groups excluding carboxylic acids is 1. The first-order valence-electron chi connectivity index (χ1n) is 5.01. The van der Waals surface area contributed by atoms with Gasteiger partial charge in [0.15, 0.2) is 5.82 Å². The fourth-order valence-electron chi connectivity index (χ4n) is 1.66. The van der Waals surface area contributed by atoms with E-state index in [4.69, 9.17) is 9.84 Å². The van der Waals surface area contributed by atoms with Gasteiger partial charge in [-0.2, -0.15) is 4.98 Å². The van der Waals surface area contributed by atoms with Crippen LogP contribution >= 0.6 is 0 Å². The first-order valence-corrected chi connectivity index (χ1v) is 5.01. The number of hydrogen-bond donors (Lipinski definition) is 1. The average molecular weight is 237 g/mol. The number of aliphatic carboxylic acids is 1. The van der Waals surface area contributed by atoms with Crippen molar-refractivity contribution in [2.45, 2.75) is 6.42 Å². The third-order valence-corrected chi connectivity index (χ3v) is 2.56. The minimum absolute atomic E-state index is 0.00573. The van der Waals surface area contributed by atoms with Crippen molar-refractivity contribution in [2.24, 2.45) is 5.92 Å². The van der Waals surface area contributed by atoms with Gasteiger partial charge in [-0.1, -0.05) is 0 Å². The molecule has 0 spiro atoms. The fraction of sp³-hybridized carbons (Fsp3) is 0.400. The van der Waals surface area contributed by atoms with Crippen molar-refractivity contribution < 1.29 is 19.4 Å². The van der Waals surface area contributed by atoms with Gasteiger partial charge in [-0.3, -0.25) is 19.5 Å². The molecule has 7 nitrogen and oxygen atoms in total. The Bertz CT molecular complexity index is 463. The van der Waals surface area contributed by atoms with Crippen LogP contribution in [0.25, 0.3) is 0 Å². The zero-order valence-corrected chi connectivity index (χ0v) is 9.16. The largest absolute Gasteiger partial charge is 0.481 e. The van der Waals surface area contributed by atoms with E-state index in [0.717, 1.165) is 0 Å². The zero-order chi connectivity index (χ0) is 12.4. The lowest BCUT2D eigenvalue weighted by Crippen LogP contribution is -2.26. The highest BCUT2D eigenvalue weighted by atomic mass is 16.5. The molecule has 1 aromatic rings. The summed E-state index contributed by atoms with van der Waals surface area (Å²) in [5.41, 5.74) is 0. The van der Waals surface area contributed by atoms with Crippen LogP contribution < -0.4 is 9.64 Å². The number of anilines is 1. The molecule has 1 atom stereocenters. The summed E-state index contributed by atoms with van der Waals surface area (Å²) in [4.78, 5) is 31.7. The second-order valence-corrected chi connectivity index (χ2v) is 3.66. The summed E-state index contributed by atoms with van der Waals surface area (Å²) in [6.45, 7) is 0.121. The fourth-order valence-corrected chi connectivity index (χ4v) is 1.66. The highest BCUT2D eigenvalue weighted by Gasteiger charge is 2.35. The van der Waals surface area contributed by atoms with E-state index in [9.17, 15) is 9.59 Å². The number of amides is 1. The molecule has 17 heavy (non-hydrogen) atoms. The molecule has 2 heterocycles. The Morgan fingerprint density at radius 3 is 2.94 bits per heavy atom. The number of carboxylic acid groups (broad SMARTS) is 1. The van der Waals surface area contributed by atoms with Crippen LogP contribution in [0.15, 0.2) is 12.4 Å². The monoisotopic (exact) mass is 237 g/mol. The van der Waals surface area contributed by atoms with Crippen LogP contribution in [0.1, 0.15) is 6.42 Å². The Balaban J connectivity index is 2.22. The first kappa shape index (κ1) is 11.3. The molecule has 1 aromatic heterocycles. The van der Waals surface area contributed by atoms with Crippen molar-refractivity contribution in [3.05, 3.63) is 12.4 Å². The van der Waals surface area contributed by atoms with Crippen LogP contribution in [0, 0.1) is 5.92 Å². The van der Waals surface area contributed by atoms with E-state index in [1.807, 2.05) is 0 Å². The maximum Gasteiger partial charge on any atom is 0.308 e. The Kier molecular flexibility index (Phi) is 2.90. The number of ether oxygens (including phenoxy) is 1. The second kappa shape index (κ2) is 4.36. The van der Waals surface area contributed by atoms with Crippen LogP contribution in [0.2, 0.25) is 0 Å². The maximum atomic E-state index is 11.6. The zero-order valence-electron chi connectivity index (χ0n) is 9.16. The van der Waals surface area contributed by atoms with Gasteiger partial charge < -0.3 is 9.84 Å². The number of nitrogens with zero attached hydrogens (tertiary/aromatic N) is 3. The van der Waals surface area contributed by atoms with Crippen LogP contribution in [0.4, 0.5) is 5.82 Å². The number of methoxy groups -OCH3 is 1. The normalized spacial score (nSPS) is 19.5. The summed E-state index contributed by atoms with van der Waals surface area (Å²) in [5, 5.41) is 8.86. The summed E-state index contributed by atoms with van der Waals surface area (Å²) < 4.78 is 4.90. The van der Waals surface area contributed by atoms with Crippen molar-refractivity contribution in [3.8, 4) is 5.88 Å². The van der Waals surface area contributed by atoms with Gasteiger partial charge in [0.25, 0.3) is 0 Å². The molecule has 0 aromatic carbocycles. The van der Waals surface area contributed by atoms with Crippen molar-refractivity contribution in [3.63, 3.8) is 0 Å². The number of carboxylic acids is 1. The molecule has 0 bridgehead atoms. The van der Waals surface area contributed by atoms with Crippen molar-refractivity contribution in [1.82, 2.24) is 9.97 Å². The van der Waals surface area contributed by atoms with Gasteiger partial charge in [-0.25, -0.2) is 0 Å². The lowest BCUT2D eigenvalue weighted by atomic mass is 10.1. The molecule has 2 rings (SSSR count). The van der Waals surface area contributed by atoms with Gasteiger partial charge in [-0.15, -0.1) is 0 Å². The molecular weight excluding hydrogens is 226 g/mol. The molecular formula is C10H11N3O4. The molecule has 1 aliphatic rings. The third-order valence-electron chi connectivity index (χ3n) is 2.56. The quantitative estimate of drug-likeness (QED) is 0.790. The number of rotatable bonds is 3. The van der Waals surface area contributed by atoms with Gasteiger partial charge in [0.1, 0.15) is 0 Å². The molecule has 1 saturated heterocycles. The van der Waals surface area contributed by atoms with Gasteiger partial charge in [0, 0.05) is 13.0 Å². The molecule has 1 unspecified atom stereocenters. The number of hydrogen-bond acceptors (Lipinski definition) is 5. The SMILES string of the molecule is COc1cncc(N2CC(C(=O)O)CC2=O)n1. The Hall–Kier alpha value is -2.18. The highest BCUT2D eigenvalue weighted by Crippen LogP contribution is 2.24. The summed E-state index contributed by atoms with van der Waals surface area (Å²) in [7, 11) is 1.44. The van der Waals surface area contributed by atoms with E-state index < -0.39 is 11.9 Å². The molecule has 0 radical (unpaired) electrons. The van der Waals surface area contributed by atoms with Crippen LogP contribution in [-0.2, 0) is 9.59 Å². The van der Waals surface area contributed by atoms with E-state index in [2.05, 4.69) is 9.97 Å². The molecule has 0 saturated carbocycles. The van der Waals surface area contributed by atoms with Crippen molar-refractivity contribution >= 4 is 17.7 Å². The third kappa shape index (κ3) is 2.17. The predicted molar refractivity (Wildman–Crippen MR) is 56.7 cm³/mol. The summed E-state index contributed by atoms with van der Waals surface area (Å²) in [6.07, 6.45) is 2.82. The lowest BCUT2D eigenvalue weighted by molar-refractivity contribution is -0.141. The molecule has 7 heteroatoms. The maximum absolute atomic E-state index is 11.6. The van der Waals surface area contributed by atoms with Gasteiger partial charge in [0.2, 0.25) is 11.8 Å². The molecule has 90 valence electrons. The molecule has 1 aliphatic heterocycles. The van der Waals surface area contributed by atoms with Crippen LogP contribution in [0.3, 0.4) is 0 Å². The van der Waals surface area contributed by atoms with E-state index in [-0.39, 0.29) is 24.8 Å². The Morgan fingerprint density at radius 1 is 1.59 bits per heavy atom. The predicted octanol–water partition coefficient (Wildman–Crippen LogP) is -0.0773. The van der Waals surface area contributed by atoms with Crippen LogP contribution in [-0.4, -0.2) is 40.6 Å². The van der Waals surface area contributed by atoms with Gasteiger partial charge in [0.05, 0.1) is 25.4 Å². The van der Waals surface area contributed by atoms with Crippen LogP contribution in [0.5, 0.6) is 5.88 Å². The van der Waals surface area contributed by atoms with Gasteiger partial charge in [-0.05, 0) is 0 Å². The molecule has 1 fully saturated rings. The van der Waals surface area contributed by atoms with Crippen molar-refractivity contribution in [2.75, 3.05) is 18.6 Å². The summed E-state index contributed by atoms with van der Waals surface area (Å²) >= 11 is 0. The highest BCUT2D eigenvalue weighted by molar-refractivity contribution is 5.98. The average Bonchev–Trinajstić information content (AvgIpc) is 2.72. The Morgan fingerprint density at radius 2 is 2.35 bits per heavy atom. The van der Waals surface area contributed by atoms with E-state index in [0.29, 0.717) is 5.82 Å². The second-order valence-electron chi connectivity index (χ2n) is 3.66. The topological polar surface area (TPSA) is 92.6 Å². The minimum Gasteiger partial charge on any atom is -0.481 e. The van der Waals surface area contributed by atoms with Gasteiger partial charge >= 0.3 is 5.97 Å². The summed E-state index contributed by atoms with van der Waals surface area (Å²) in [5.74, 6) is -1.32. The summed E-state index contributed by atoms with van der Waals surface area (Å²) in [6, 6.07) is 0. The first-order chi connectivity index (χ1) is 8.11. The molecule has 0 aliphatic carbocycles. The minimum atomic E-state index is -0.975. The van der Waals surface area contributed by atoms with Crippen molar-refractivity contribution in [1.29, 1.82) is 0 Å². The number of carbonyl (C=O) groups is 2. The van der Waals surface area contributed by atoms with E-state index in [1.165, 1.54) is 24.4 Å². The smallest absolute Gasteiger partial charge is 0.308 e. The Labute approximate surface area is 97.0 Å². The standard InChI is InChI=1S/C10H11N3O4/c1-17-8-4-11-3-7(12-8)13-5-6(10(15)16)2-9(13)14/h3-4,6H,2,5H2,1H3,(H,15,16). The van der Waals surface area contributed by atoms with E-state index >= 15 is 0 Å². The lowest BCUT2D eigenvalue weighted by Gasteiger charge is -2.14.